The third kappa shape index (κ3) is 1.99. The van der Waals surface area contributed by atoms with Gasteiger partial charge in [0.2, 0.25) is 0 Å². The summed E-state index contributed by atoms with van der Waals surface area (Å²) in [5, 5.41) is 4.22. The van der Waals surface area contributed by atoms with Crippen LogP contribution >= 0.6 is 0 Å². The second-order valence-corrected chi connectivity index (χ2v) is 4.72. The van der Waals surface area contributed by atoms with Gasteiger partial charge >= 0.3 is 0 Å². The van der Waals surface area contributed by atoms with Crippen LogP contribution in [0.3, 0.4) is 0 Å². The molecule has 1 aromatic carbocycles. The molecule has 0 aliphatic heterocycles. The molecule has 100 valence electrons. The van der Waals surface area contributed by atoms with Crippen molar-refractivity contribution in [3.63, 3.8) is 0 Å². The molecular formula is C16H16N4. The largest absolute Gasteiger partial charge is 0.371 e. The molecule has 0 aliphatic carbocycles. The van der Waals surface area contributed by atoms with Crippen LogP contribution in [0.5, 0.6) is 0 Å². The van der Waals surface area contributed by atoms with Crippen LogP contribution in [-0.4, -0.2) is 22.0 Å². The van der Waals surface area contributed by atoms with Crippen LogP contribution < -0.4 is 5.32 Å². The monoisotopic (exact) mass is 264 g/mol. The van der Waals surface area contributed by atoms with E-state index in [-0.39, 0.29) is 0 Å². The number of aromatic nitrogens is 3. The standard InChI is InChI=1S/C16H16N4/c1-10-11(2)20-16(17-3)15(19-10)13-6-4-8-14-12(13)7-5-9-18-14/h4-9H,1-3H3,(H,17,20). The van der Waals surface area contributed by atoms with Crippen molar-refractivity contribution in [2.75, 3.05) is 12.4 Å². The third-order valence-electron chi connectivity index (χ3n) is 3.44. The van der Waals surface area contributed by atoms with Gasteiger partial charge in [0.05, 0.1) is 16.9 Å². The highest BCUT2D eigenvalue weighted by molar-refractivity contribution is 5.95. The summed E-state index contributed by atoms with van der Waals surface area (Å²) in [5.74, 6) is 0.796. The number of hydrogen-bond acceptors (Lipinski definition) is 4. The van der Waals surface area contributed by atoms with Crippen LogP contribution in [0.25, 0.3) is 22.2 Å². The van der Waals surface area contributed by atoms with E-state index < -0.39 is 0 Å². The minimum absolute atomic E-state index is 0.796. The highest BCUT2D eigenvalue weighted by Gasteiger charge is 2.12. The van der Waals surface area contributed by atoms with E-state index >= 15 is 0 Å². The zero-order valence-electron chi connectivity index (χ0n) is 11.8. The van der Waals surface area contributed by atoms with Crippen molar-refractivity contribution in [1.29, 1.82) is 0 Å². The maximum absolute atomic E-state index is 4.71. The topological polar surface area (TPSA) is 50.7 Å². The first-order valence-electron chi connectivity index (χ1n) is 6.58. The molecule has 0 atom stereocenters. The van der Waals surface area contributed by atoms with Crippen LogP contribution in [0.1, 0.15) is 11.4 Å². The number of fused-ring (bicyclic) bond motifs is 1. The first-order valence-corrected chi connectivity index (χ1v) is 6.58. The fourth-order valence-electron chi connectivity index (χ4n) is 2.28. The lowest BCUT2D eigenvalue weighted by atomic mass is 10.0. The van der Waals surface area contributed by atoms with Gasteiger partial charge in [-0.2, -0.15) is 0 Å². The molecule has 3 rings (SSSR count). The average Bonchev–Trinajstić information content (AvgIpc) is 2.49. The lowest BCUT2D eigenvalue weighted by molar-refractivity contribution is 1.05. The van der Waals surface area contributed by atoms with E-state index in [1.54, 1.807) is 6.20 Å². The maximum Gasteiger partial charge on any atom is 0.152 e. The number of nitrogens with zero attached hydrogens (tertiary/aromatic N) is 3. The van der Waals surface area contributed by atoms with Gasteiger partial charge in [-0.1, -0.05) is 18.2 Å². The Morgan fingerprint density at radius 2 is 1.75 bits per heavy atom. The van der Waals surface area contributed by atoms with E-state index in [9.17, 15) is 0 Å². The van der Waals surface area contributed by atoms with E-state index in [0.29, 0.717) is 0 Å². The van der Waals surface area contributed by atoms with Crippen molar-refractivity contribution in [2.24, 2.45) is 0 Å². The molecule has 0 unspecified atom stereocenters. The average molecular weight is 264 g/mol. The molecule has 0 radical (unpaired) electrons. The van der Waals surface area contributed by atoms with Crippen molar-refractivity contribution in [2.45, 2.75) is 13.8 Å². The zero-order valence-corrected chi connectivity index (χ0v) is 11.8. The predicted octanol–water partition coefficient (Wildman–Crippen LogP) is 3.35. The minimum atomic E-state index is 0.796. The van der Waals surface area contributed by atoms with Gasteiger partial charge in [0, 0.05) is 24.2 Å². The van der Waals surface area contributed by atoms with E-state index in [4.69, 9.17) is 4.98 Å². The van der Waals surface area contributed by atoms with Crippen LogP contribution in [0.2, 0.25) is 0 Å². The molecule has 0 amide bonds. The second-order valence-electron chi connectivity index (χ2n) is 4.72. The zero-order chi connectivity index (χ0) is 14.1. The Hall–Kier alpha value is -2.49. The molecule has 4 heteroatoms. The summed E-state index contributed by atoms with van der Waals surface area (Å²) in [6, 6.07) is 10.1. The summed E-state index contributed by atoms with van der Waals surface area (Å²) < 4.78 is 0. The molecule has 4 nitrogen and oxygen atoms in total. The molecule has 0 fully saturated rings. The van der Waals surface area contributed by atoms with Gasteiger partial charge in [0.1, 0.15) is 5.69 Å². The van der Waals surface area contributed by atoms with Crippen LogP contribution in [0.15, 0.2) is 36.5 Å². The fraction of sp³-hybridized carbons (Fsp3) is 0.188. The number of hydrogen-bond donors (Lipinski definition) is 1. The highest BCUT2D eigenvalue weighted by Crippen LogP contribution is 2.30. The first-order chi connectivity index (χ1) is 9.70. The number of anilines is 1. The van der Waals surface area contributed by atoms with E-state index in [1.165, 1.54) is 0 Å². The van der Waals surface area contributed by atoms with Gasteiger partial charge in [-0.15, -0.1) is 0 Å². The Labute approximate surface area is 117 Å². The van der Waals surface area contributed by atoms with Gasteiger partial charge in [0.25, 0.3) is 0 Å². The Balaban J connectivity index is 2.33. The smallest absolute Gasteiger partial charge is 0.152 e. The Bertz CT molecular complexity index is 775. The van der Waals surface area contributed by atoms with Crippen molar-refractivity contribution >= 4 is 16.7 Å². The van der Waals surface area contributed by atoms with Gasteiger partial charge in [0.15, 0.2) is 5.82 Å². The van der Waals surface area contributed by atoms with Gasteiger partial charge in [-0.3, -0.25) is 4.98 Å². The molecule has 0 bridgehead atoms. The summed E-state index contributed by atoms with van der Waals surface area (Å²) >= 11 is 0. The summed E-state index contributed by atoms with van der Waals surface area (Å²) in [6.07, 6.45) is 1.80. The van der Waals surface area contributed by atoms with Crippen molar-refractivity contribution in [1.82, 2.24) is 15.0 Å². The predicted molar refractivity (Wildman–Crippen MR) is 81.8 cm³/mol. The number of benzene rings is 1. The lowest BCUT2D eigenvalue weighted by Gasteiger charge is -2.12. The molecule has 20 heavy (non-hydrogen) atoms. The van der Waals surface area contributed by atoms with Gasteiger partial charge in [-0.25, -0.2) is 9.97 Å². The fourth-order valence-corrected chi connectivity index (χ4v) is 2.28. The minimum Gasteiger partial charge on any atom is -0.371 e. The van der Waals surface area contributed by atoms with E-state index in [0.717, 1.165) is 39.4 Å². The van der Waals surface area contributed by atoms with E-state index in [1.807, 2.05) is 39.1 Å². The molecule has 0 saturated carbocycles. The molecule has 2 heterocycles. The second kappa shape index (κ2) is 4.89. The van der Waals surface area contributed by atoms with Crippen molar-refractivity contribution < 1.29 is 0 Å². The summed E-state index contributed by atoms with van der Waals surface area (Å²) in [4.78, 5) is 13.7. The van der Waals surface area contributed by atoms with E-state index in [2.05, 4.69) is 27.4 Å². The van der Waals surface area contributed by atoms with Gasteiger partial charge < -0.3 is 5.32 Å². The lowest BCUT2D eigenvalue weighted by Crippen LogP contribution is -2.03. The van der Waals surface area contributed by atoms with Crippen molar-refractivity contribution in [3.8, 4) is 11.3 Å². The third-order valence-corrected chi connectivity index (χ3v) is 3.44. The number of aryl methyl sites for hydroxylation is 2. The highest BCUT2D eigenvalue weighted by atomic mass is 15.0. The Kier molecular flexibility index (Phi) is 3.06. The van der Waals surface area contributed by atoms with Crippen LogP contribution in [0.4, 0.5) is 5.82 Å². The number of pyridine rings is 1. The molecule has 2 aromatic heterocycles. The molecule has 1 N–H and O–H groups in total. The molecule has 3 aromatic rings. The maximum atomic E-state index is 4.71. The summed E-state index contributed by atoms with van der Waals surface area (Å²) in [7, 11) is 1.87. The normalized spacial score (nSPS) is 10.8. The van der Waals surface area contributed by atoms with Crippen LogP contribution in [0, 0.1) is 13.8 Å². The van der Waals surface area contributed by atoms with Gasteiger partial charge in [-0.05, 0) is 26.0 Å². The molecular weight excluding hydrogens is 248 g/mol. The molecule has 0 spiro atoms. The Morgan fingerprint density at radius 3 is 2.55 bits per heavy atom. The quantitative estimate of drug-likeness (QED) is 0.771. The number of rotatable bonds is 2. The first kappa shape index (κ1) is 12.5. The molecule has 0 aliphatic rings. The van der Waals surface area contributed by atoms with Crippen LogP contribution in [-0.2, 0) is 0 Å². The number of nitrogens with one attached hydrogen (secondary N) is 1. The molecule has 0 saturated heterocycles. The SMILES string of the molecule is CNc1nc(C)c(C)nc1-c1cccc2ncccc12. The summed E-state index contributed by atoms with van der Waals surface area (Å²) in [6.45, 7) is 3.95. The van der Waals surface area contributed by atoms with Crippen molar-refractivity contribution in [3.05, 3.63) is 47.9 Å². The summed E-state index contributed by atoms with van der Waals surface area (Å²) in [5.41, 5.74) is 4.77. The Morgan fingerprint density at radius 1 is 0.950 bits per heavy atom.